The molecule has 188 valence electrons. The lowest BCUT2D eigenvalue weighted by atomic mass is 10.0. The van der Waals surface area contributed by atoms with E-state index < -0.39 is 5.82 Å². The van der Waals surface area contributed by atoms with Crippen molar-refractivity contribution in [3.63, 3.8) is 0 Å². The van der Waals surface area contributed by atoms with Gasteiger partial charge in [0, 0.05) is 29.3 Å². The lowest BCUT2D eigenvalue weighted by Crippen LogP contribution is -2.02. The molecule has 36 heavy (non-hydrogen) atoms. The Morgan fingerprint density at radius 3 is 1.78 bits per heavy atom. The predicted molar refractivity (Wildman–Crippen MR) is 134 cm³/mol. The van der Waals surface area contributed by atoms with Gasteiger partial charge in [-0.3, -0.25) is 4.57 Å². The quantitative estimate of drug-likeness (QED) is 0.309. The molecule has 3 aromatic carbocycles. The Bertz CT molecular complexity index is 1360. The third-order valence-corrected chi connectivity index (χ3v) is 5.76. The number of ether oxygens (including phenoxy) is 6. The van der Waals surface area contributed by atoms with Crippen LogP contribution in [-0.4, -0.2) is 52.2 Å². The van der Waals surface area contributed by atoms with Crippen LogP contribution in [0.3, 0.4) is 0 Å². The van der Waals surface area contributed by atoms with Crippen LogP contribution in [0.4, 0.5) is 4.39 Å². The van der Waals surface area contributed by atoms with Gasteiger partial charge in [0.15, 0.2) is 23.1 Å². The molecule has 0 saturated heterocycles. The molecule has 0 aliphatic carbocycles. The lowest BCUT2D eigenvalue weighted by Gasteiger charge is -2.17. The first kappa shape index (κ1) is 24.7. The Hall–Kier alpha value is -4.40. The minimum Gasteiger partial charge on any atom is -0.497 e. The molecule has 0 N–H and O–H groups in total. The molecule has 0 atom stereocenters. The van der Waals surface area contributed by atoms with E-state index in [1.54, 1.807) is 72.2 Å². The number of nitrogens with zero attached hydrogens (tertiary/aromatic N) is 2. The first-order valence-electron chi connectivity index (χ1n) is 10.9. The zero-order valence-electron chi connectivity index (χ0n) is 20.9. The van der Waals surface area contributed by atoms with Gasteiger partial charge in [0.1, 0.15) is 23.6 Å². The van der Waals surface area contributed by atoms with Gasteiger partial charge in [-0.05, 0) is 30.3 Å². The largest absolute Gasteiger partial charge is 0.497 e. The normalized spacial score (nSPS) is 10.6. The Kier molecular flexibility index (Phi) is 7.19. The van der Waals surface area contributed by atoms with Crippen LogP contribution in [0, 0.1) is 5.82 Å². The van der Waals surface area contributed by atoms with Crippen LogP contribution in [0.25, 0.3) is 28.2 Å². The van der Waals surface area contributed by atoms with E-state index in [9.17, 15) is 4.39 Å². The van der Waals surface area contributed by atoms with Crippen LogP contribution < -0.4 is 28.4 Å². The van der Waals surface area contributed by atoms with Gasteiger partial charge in [-0.1, -0.05) is 0 Å². The zero-order chi connectivity index (χ0) is 25.8. The van der Waals surface area contributed by atoms with Crippen LogP contribution in [0.15, 0.2) is 54.9 Å². The van der Waals surface area contributed by atoms with Crippen LogP contribution >= 0.6 is 0 Å². The second kappa shape index (κ2) is 10.5. The van der Waals surface area contributed by atoms with Gasteiger partial charge in [0.25, 0.3) is 0 Å². The molecular formula is C27H27FN2O6. The SMILES string of the molecule is COc1cc(OC)cc(-c2ncn(-c3cc(OC)c(OC)cc3OC)c2-c2ccc(OC)c(F)c2)c1. The topological polar surface area (TPSA) is 73.2 Å². The van der Waals surface area contributed by atoms with E-state index >= 15 is 0 Å². The fourth-order valence-corrected chi connectivity index (χ4v) is 3.98. The van der Waals surface area contributed by atoms with E-state index in [0.29, 0.717) is 51.4 Å². The molecule has 0 radical (unpaired) electrons. The molecule has 4 aromatic rings. The molecule has 0 saturated carbocycles. The first-order valence-corrected chi connectivity index (χ1v) is 10.9. The standard InChI is InChI=1S/C27H27FN2O6/c1-31-18-9-17(10-19(12-18)32-2)26-27(16-7-8-22(33-3)20(28)11-16)30(15-29-26)21-13-24(35-5)25(36-6)14-23(21)34-4/h7-15H,1-6H3. The Labute approximate surface area is 208 Å². The molecule has 0 aliphatic rings. The summed E-state index contributed by atoms with van der Waals surface area (Å²) in [5.74, 6) is 2.33. The van der Waals surface area contributed by atoms with Crippen LogP contribution in [-0.2, 0) is 0 Å². The van der Waals surface area contributed by atoms with E-state index in [4.69, 9.17) is 33.4 Å². The maximum atomic E-state index is 14.9. The van der Waals surface area contributed by atoms with Gasteiger partial charge in [0.05, 0.1) is 59.7 Å². The fourth-order valence-electron chi connectivity index (χ4n) is 3.98. The number of benzene rings is 3. The van der Waals surface area contributed by atoms with Gasteiger partial charge in [-0.25, -0.2) is 9.37 Å². The van der Waals surface area contributed by atoms with Gasteiger partial charge >= 0.3 is 0 Å². The van der Waals surface area contributed by atoms with Crippen LogP contribution in [0.2, 0.25) is 0 Å². The van der Waals surface area contributed by atoms with Crippen molar-refractivity contribution in [1.82, 2.24) is 9.55 Å². The smallest absolute Gasteiger partial charge is 0.165 e. The summed E-state index contributed by atoms with van der Waals surface area (Å²) in [6.07, 6.45) is 1.64. The molecule has 0 unspecified atom stereocenters. The molecule has 1 heterocycles. The van der Waals surface area contributed by atoms with E-state index in [0.717, 1.165) is 5.56 Å². The van der Waals surface area contributed by atoms with Crippen LogP contribution in [0.1, 0.15) is 0 Å². The molecule has 4 rings (SSSR count). The van der Waals surface area contributed by atoms with E-state index in [2.05, 4.69) is 0 Å². The van der Waals surface area contributed by atoms with Crippen LogP contribution in [0.5, 0.6) is 34.5 Å². The maximum absolute atomic E-state index is 14.9. The van der Waals surface area contributed by atoms with Crippen molar-refractivity contribution in [2.45, 2.75) is 0 Å². The minimum absolute atomic E-state index is 0.137. The number of aromatic nitrogens is 2. The third kappa shape index (κ3) is 4.47. The third-order valence-electron chi connectivity index (χ3n) is 5.76. The molecule has 9 heteroatoms. The number of methoxy groups -OCH3 is 6. The number of imidazole rings is 1. The van der Waals surface area contributed by atoms with Gasteiger partial charge in [-0.2, -0.15) is 0 Å². The molecular weight excluding hydrogens is 467 g/mol. The first-order chi connectivity index (χ1) is 17.5. The summed E-state index contributed by atoms with van der Waals surface area (Å²) in [6, 6.07) is 13.7. The summed E-state index contributed by atoms with van der Waals surface area (Å²) in [7, 11) is 9.23. The highest BCUT2D eigenvalue weighted by Gasteiger charge is 2.22. The fraction of sp³-hybridized carbons (Fsp3) is 0.222. The molecule has 0 spiro atoms. The van der Waals surface area contributed by atoms with Gasteiger partial charge < -0.3 is 28.4 Å². The monoisotopic (exact) mass is 494 g/mol. The summed E-state index contributed by atoms with van der Waals surface area (Å²) in [5, 5.41) is 0. The Morgan fingerprint density at radius 2 is 1.22 bits per heavy atom. The highest BCUT2D eigenvalue weighted by Crippen LogP contribution is 2.42. The van der Waals surface area contributed by atoms with Crippen molar-refractivity contribution in [3.05, 3.63) is 60.7 Å². The van der Waals surface area contributed by atoms with Crippen molar-refractivity contribution in [1.29, 1.82) is 0 Å². The molecule has 0 bridgehead atoms. The van der Waals surface area contributed by atoms with Crippen molar-refractivity contribution in [2.75, 3.05) is 42.7 Å². The van der Waals surface area contributed by atoms with Gasteiger partial charge in [-0.15, -0.1) is 0 Å². The average Bonchev–Trinajstić information content (AvgIpc) is 3.36. The lowest BCUT2D eigenvalue weighted by molar-refractivity contribution is 0.348. The second-order valence-electron chi connectivity index (χ2n) is 7.64. The summed E-state index contributed by atoms with van der Waals surface area (Å²) in [5.41, 5.74) is 3.09. The summed E-state index contributed by atoms with van der Waals surface area (Å²) in [4.78, 5) is 4.71. The number of halogens is 1. The molecule has 0 fully saturated rings. The highest BCUT2D eigenvalue weighted by atomic mass is 19.1. The summed E-state index contributed by atoms with van der Waals surface area (Å²) in [6.45, 7) is 0. The minimum atomic E-state index is -0.504. The molecule has 8 nitrogen and oxygen atoms in total. The average molecular weight is 495 g/mol. The number of hydrogen-bond donors (Lipinski definition) is 0. The summed E-state index contributed by atoms with van der Waals surface area (Å²) < 4.78 is 49.3. The number of rotatable bonds is 9. The number of hydrogen-bond acceptors (Lipinski definition) is 7. The van der Waals surface area contributed by atoms with E-state index in [1.807, 2.05) is 16.7 Å². The van der Waals surface area contributed by atoms with Crippen molar-refractivity contribution < 1.29 is 32.8 Å². The van der Waals surface area contributed by atoms with E-state index in [1.165, 1.54) is 13.2 Å². The molecule has 0 amide bonds. The molecule has 0 aliphatic heterocycles. The van der Waals surface area contributed by atoms with Gasteiger partial charge in [0.2, 0.25) is 0 Å². The van der Waals surface area contributed by atoms with Crippen molar-refractivity contribution in [3.8, 4) is 62.7 Å². The predicted octanol–water partition coefficient (Wildman–Crippen LogP) is 5.40. The summed E-state index contributed by atoms with van der Waals surface area (Å²) >= 11 is 0. The maximum Gasteiger partial charge on any atom is 0.165 e. The van der Waals surface area contributed by atoms with Crippen molar-refractivity contribution >= 4 is 0 Å². The zero-order valence-corrected chi connectivity index (χ0v) is 20.9. The molecule has 1 aromatic heterocycles. The highest BCUT2D eigenvalue weighted by molar-refractivity contribution is 5.82. The van der Waals surface area contributed by atoms with E-state index in [-0.39, 0.29) is 5.75 Å². The second-order valence-corrected chi connectivity index (χ2v) is 7.64. The Morgan fingerprint density at radius 1 is 0.611 bits per heavy atom. The Balaban J connectivity index is 2.04. The van der Waals surface area contributed by atoms with Crippen molar-refractivity contribution in [2.24, 2.45) is 0 Å².